The maximum absolute atomic E-state index is 11.9. The lowest BCUT2D eigenvalue weighted by molar-refractivity contribution is -0.139. The summed E-state index contributed by atoms with van der Waals surface area (Å²) < 4.78 is 4.87. The van der Waals surface area contributed by atoms with Gasteiger partial charge < -0.3 is 25.2 Å². The molecule has 0 aromatic heterocycles. The number of aliphatic hydroxyl groups is 1. The van der Waals surface area contributed by atoms with Gasteiger partial charge in [0.15, 0.2) is 0 Å². The van der Waals surface area contributed by atoms with Crippen LogP contribution in [0.5, 0.6) is 0 Å². The maximum atomic E-state index is 11.9. The molecular weight excluding hydrogens is 252 g/mol. The second-order valence-electron chi connectivity index (χ2n) is 4.19. The highest BCUT2D eigenvalue weighted by Gasteiger charge is 2.22. The third-order valence-electron chi connectivity index (χ3n) is 2.66. The summed E-state index contributed by atoms with van der Waals surface area (Å²) in [4.78, 5) is 24.3. The summed E-state index contributed by atoms with van der Waals surface area (Å²) >= 11 is 0. The van der Waals surface area contributed by atoms with Crippen molar-refractivity contribution in [2.75, 3.05) is 33.4 Å². The number of hydrogen-bond acceptors (Lipinski definition) is 4. The van der Waals surface area contributed by atoms with Gasteiger partial charge in [-0.15, -0.1) is 0 Å². The zero-order valence-corrected chi connectivity index (χ0v) is 11.6. The van der Waals surface area contributed by atoms with Crippen molar-refractivity contribution in [1.82, 2.24) is 10.2 Å². The topological polar surface area (TPSA) is 99.1 Å². The van der Waals surface area contributed by atoms with E-state index < -0.39 is 18.0 Å². The number of nitrogens with zero attached hydrogens (tertiary/aromatic N) is 1. The van der Waals surface area contributed by atoms with Crippen molar-refractivity contribution < 1.29 is 24.5 Å². The molecule has 0 fully saturated rings. The molecule has 0 saturated carbocycles. The summed E-state index contributed by atoms with van der Waals surface area (Å²) in [6.45, 7) is 2.57. The van der Waals surface area contributed by atoms with Crippen molar-refractivity contribution in [1.29, 1.82) is 0 Å². The molecule has 19 heavy (non-hydrogen) atoms. The van der Waals surface area contributed by atoms with Gasteiger partial charge in [0.05, 0.1) is 13.2 Å². The van der Waals surface area contributed by atoms with Crippen molar-refractivity contribution in [2.45, 2.75) is 32.2 Å². The molecule has 1 atom stereocenters. The number of aliphatic hydroxyl groups excluding tert-OH is 1. The Hall–Kier alpha value is -1.34. The van der Waals surface area contributed by atoms with Crippen molar-refractivity contribution >= 4 is 12.0 Å². The fraction of sp³-hybridized carbons (Fsp3) is 0.833. The number of unbranched alkanes of at least 4 members (excludes halogenated alkanes) is 1. The molecule has 0 rings (SSSR count). The number of methoxy groups -OCH3 is 1. The summed E-state index contributed by atoms with van der Waals surface area (Å²) in [7, 11) is 1.51. The number of urea groups is 1. The van der Waals surface area contributed by atoms with E-state index in [2.05, 4.69) is 5.32 Å². The van der Waals surface area contributed by atoms with Crippen LogP contribution in [0.15, 0.2) is 0 Å². The van der Waals surface area contributed by atoms with Gasteiger partial charge in [0.25, 0.3) is 0 Å². The van der Waals surface area contributed by atoms with Crippen LogP contribution in [0.3, 0.4) is 0 Å². The maximum Gasteiger partial charge on any atom is 0.326 e. The molecule has 7 heteroatoms. The quantitative estimate of drug-likeness (QED) is 0.532. The van der Waals surface area contributed by atoms with E-state index >= 15 is 0 Å². The number of aliphatic carboxylic acids is 1. The van der Waals surface area contributed by atoms with Crippen molar-refractivity contribution in [3.05, 3.63) is 0 Å². The normalized spacial score (nSPS) is 11.9. The van der Waals surface area contributed by atoms with Gasteiger partial charge in [-0.3, -0.25) is 0 Å². The summed E-state index contributed by atoms with van der Waals surface area (Å²) in [5.74, 6) is -1.04. The number of amides is 2. The van der Waals surface area contributed by atoms with Crippen LogP contribution >= 0.6 is 0 Å². The van der Waals surface area contributed by atoms with Crippen LogP contribution in [0.2, 0.25) is 0 Å². The van der Waals surface area contributed by atoms with E-state index in [1.54, 1.807) is 0 Å². The summed E-state index contributed by atoms with van der Waals surface area (Å²) in [6, 6.07) is -1.38. The lowest BCUT2D eigenvalue weighted by Gasteiger charge is -2.24. The minimum atomic E-state index is -1.04. The Bertz CT molecular complexity index is 273. The van der Waals surface area contributed by atoms with Crippen molar-refractivity contribution in [2.24, 2.45) is 0 Å². The third kappa shape index (κ3) is 7.63. The molecule has 0 saturated heterocycles. The average Bonchev–Trinajstić information content (AvgIpc) is 2.38. The van der Waals surface area contributed by atoms with E-state index in [0.717, 1.165) is 12.8 Å². The predicted octanol–water partition coefficient (Wildman–Crippen LogP) is 0.280. The standard InChI is InChI=1S/C12H24N2O5/c1-3-4-5-10(11(16)17)13-12(18)14(6-8-15)7-9-19-2/h10,15H,3-9H2,1-2H3,(H,13,18)(H,16,17). The van der Waals surface area contributed by atoms with E-state index in [-0.39, 0.29) is 13.2 Å². The first-order chi connectivity index (χ1) is 9.06. The monoisotopic (exact) mass is 276 g/mol. The number of rotatable bonds is 10. The summed E-state index contributed by atoms with van der Waals surface area (Å²) in [5.41, 5.74) is 0. The minimum Gasteiger partial charge on any atom is -0.480 e. The Kier molecular flexibility index (Phi) is 9.82. The lowest BCUT2D eigenvalue weighted by atomic mass is 10.1. The zero-order chi connectivity index (χ0) is 14.7. The second kappa shape index (κ2) is 10.6. The molecule has 0 aromatic carbocycles. The molecule has 0 heterocycles. The summed E-state index contributed by atoms with van der Waals surface area (Å²) in [5, 5.41) is 20.4. The number of nitrogens with one attached hydrogen (secondary N) is 1. The molecule has 3 N–H and O–H groups in total. The molecule has 0 aliphatic heterocycles. The van der Waals surface area contributed by atoms with E-state index in [4.69, 9.17) is 14.9 Å². The van der Waals surface area contributed by atoms with E-state index in [9.17, 15) is 9.59 Å². The first-order valence-electron chi connectivity index (χ1n) is 6.44. The Morgan fingerprint density at radius 2 is 2.05 bits per heavy atom. The Morgan fingerprint density at radius 3 is 2.53 bits per heavy atom. The lowest BCUT2D eigenvalue weighted by Crippen LogP contribution is -2.49. The van der Waals surface area contributed by atoms with E-state index in [0.29, 0.717) is 19.6 Å². The van der Waals surface area contributed by atoms with Gasteiger partial charge in [-0.25, -0.2) is 9.59 Å². The average molecular weight is 276 g/mol. The molecule has 1 unspecified atom stereocenters. The molecule has 0 spiro atoms. The minimum absolute atomic E-state index is 0.148. The van der Waals surface area contributed by atoms with Gasteiger partial charge >= 0.3 is 12.0 Å². The van der Waals surface area contributed by atoms with Crippen LogP contribution in [0.25, 0.3) is 0 Å². The molecule has 112 valence electrons. The number of carboxylic acids is 1. The Labute approximate surface area is 113 Å². The van der Waals surface area contributed by atoms with Crippen molar-refractivity contribution in [3.8, 4) is 0 Å². The number of carbonyl (C=O) groups excluding carboxylic acids is 1. The van der Waals surface area contributed by atoms with E-state index in [1.807, 2.05) is 6.92 Å². The summed E-state index contributed by atoms with van der Waals surface area (Å²) in [6.07, 6.45) is 1.99. The van der Waals surface area contributed by atoms with Crippen LogP contribution in [-0.2, 0) is 9.53 Å². The highest BCUT2D eigenvalue weighted by molar-refractivity contribution is 5.82. The predicted molar refractivity (Wildman–Crippen MR) is 70.0 cm³/mol. The van der Waals surface area contributed by atoms with Gasteiger partial charge in [-0.2, -0.15) is 0 Å². The van der Waals surface area contributed by atoms with Crippen LogP contribution < -0.4 is 5.32 Å². The fourth-order valence-electron chi connectivity index (χ4n) is 1.54. The SMILES string of the molecule is CCCCC(NC(=O)N(CCO)CCOC)C(=O)O. The molecule has 7 nitrogen and oxygen atoms in total. The number of carboxylic acid groups (broad SMARTS) is 1. The molecule has 0 aromatic rings. The smallest absolute Gasteiger partial charge is 0.326 e. The number of hydrogen-bond donors (Lipinski definition) is 3. The van der Waals surface area contributed by atoms with Gasteiger partial charge in [-0.1, -0.05) is 19.8 Å². The van der Waals surface area contributed by atoms with Gasteiger partial charge in [0.1, 0.15) is 6.04 Å². The zero-order valence-electron chi connectivity index (χ0n) is 11.6. The van der Waals surface area contributed by atoms with Crippen LogP contribution in [0.4, 0.5) is 4.79 Å². The van der Waals surface area contributed by atoms with Gasteiger partial charge in [0.2, 0.25) is 0 Å². The largest absolute Gasteiger partial charge is 0.480 e. The molecule has 0 bridgehead atoms. The third-order valence-corrected chi connectivity index (χ3v) is 2.66. The van der Waals surface area contributed by atoms with Gasteiger partial charge in [0, 0.05) is 20.2 Å². The Balaban J connectivity index is 4.42. The number of ether oxygens (including phenoxy) is 1. The van der Waals surface area contributed by atoms with E-state index in [1.165, 1.54) is 12.0 Å². The van der Waals surface area contributed by atoms with Gasteiger partial charge in [-0.05, 0) is 6.42 Å². The van der Waals surface area contributed by atoms with Crippen molar-refractivity contribution in [3.63, 3.8) is 0 Å². The molecule has 0 radical (unpaired) electrons. The van der Waals surface area contributed by atoms with Crippen LogP contribution in [-0.4, -0.2) is 66.6 Å². The molecular formula is C12H24N2O5. The first-order valence-corrected chi connectivity index (χ1v) is 6.44. The van der Waals surface area contributed by atoms with Crippen LogP contribution in [0.1, 0.15) is 26.2 Å². The Morgan fingerprint density at radius 1 is 1.37 bits per heavy atom. The molecule has 0 aliphatic rings. The first kappa shape index (κ1) is 17.7. The van der Waals surface area contributed by atoms with Crippen LogP contribution in [0, 0.1) is 0 Å². The highest BCUT2D eigenvalue weighted by Crippen LogP contribution is 2.02. The number of carbonyl (C=O) groups is 2. The highest BCUT2D eigenvalue weighted by atomic mass is 16.5. The second-order valence-corrected chi connectivity index (χ2v) is 4.19. The fourth-order valence-corrected chi connectivity index (χ4v) is 1.54. The molecule has 0 aliphatic carbocycles. The molecule has 2 amide bonds.